The minimum atomic E-state index is -4.26. The maximum atomic E-state index is 14.1. The Morgan fingerprint density at radius 3 is 2.07 bits per heavy atom. The zero-order valence-corrected chi connectivity index (χ0v) is 26.7. The molecule has 0 heterocycles. The number of carbonyl (C=O) groups is 2. The van der Waals surface area contributed by atoms with Gasteiger partial charge in [0, 0.05) is 23.1 Å². The minimum absolute atomic E-state index is 0.0114. The largest absolute Gasteiger partial charge is 0.354 e. The van der Waals surface area contributed by atoms with Gasteiger partial charge in [0.1, 0.15) is 12.6 Å². The van der Waals surface area contributed by atoms with E-state index in [1.54, 1.807) is 37.3 Å². The van der Waals surface area contributed by atoms with E-state index in [0.717, 1.165) is 9.87 Å². The average Bonchev–Trinajstić information content (AvgIpc) is 2.91. The normalized spacial score (nSPS) is 12.1. The van der Waals surface area contributed by atoms with Crippen LogP contribution in [0.4, 0.5) is 5.69 Å². The molecule has 220 valence electrons. The Labute approximate surface area is 261 Å². The van der Waals surface area contributed by atoms with E-state index in [4.69, 9.17) is 46.4 Å². The van der Waals surface area contributed by atoms with Gasteiger partial charge < -0.3 is 10.2 Å². The lowest BCUT2D eigenvalue weighted by molar-refractivity contribution is -0.140. The van der Waals surface area contributed by atoms with Crippen LogP contribution in [0.2, 0.25) is 20.1 Å². The smallest absolute Gasteiger partial charge is 0.264 e. The second-order valence-corrected chi connectivity index (χ2v) is 13.0. The van der Waals surface area contributed by atoms with Crippen LogP contribution in [0.25, 0.3) is 0 Å². The maximum Gasteiger partial charge on any atom is 0.264 e. The van der Waals surface area contributed by atoms with Gasteiger partial charge >= 0.3 is 0 Å². The van der Waals surface area contributed by atoms with Crippen molar-refractivity contribution in [3.63, 3.8) is 0 Å². The van der Waals surface area contributed by atoms with Gasteiger partial charge in [0.15, 0.2) is 0 Å². The van der Waals surface area contributed by atoms with Crippen LogP contribution >= 0.6 is 46.4 Å². The molecule has 0 aliphatic heterocycles. The van der Waals surface area contributed by atoms with Gasteiger partial charge in [-0.25, -0.2) is 8.42 Å². The lowest BCUT2D eigenvalue weighted by atomic mass is 10.1. The van der Waals surface area contributed by atoms with Crippen LogP contribution < -0.4 is 9.62 Å². The van der Waals surface area contributed by atoms with Gasteiger partial charge in [-0.1, -0.05) is 84.0 Å². The first-order valence-corrected chi connectivity index (χ1v) is 15.9. The molecule has 1 atom stereocenters. The van der Waals surface area contributed by atoms with Gasteiger partial charge in [-0.2, -0.15) is 0 Å². The number of aryl methyl sites for hydroxylation is 1. The molecule has 0 aliphatic carbocycles. The number of halogens is 4. The molecular weight excluding hydrogens is 628 g/mol. The third-order valence-corrected chi connectivity index (χ3v) is 9.26. The molecule has 2 amide bonds. The number of hydrogen-bond donors (Lipinski definition) is 1. The van der Waals surface area contributed by atoms with E-state index in [1.165, 1.54) is 35.2 Å². The number of carbonyl (C=O) groups excluding carboxylic acids is 2. The molecule has 3 aromatic carbocycles. The Balaban J connectivity index is 2.10. The molecule has 0 radical (unpaired) electrons. The molecule has 3 aromatic rings. The fourth-order valence-corrected chi connectivity index (χ4v) is 6.40. The lowest BCUT2D eigenvalue weighted by Gasteiger charge is -2.33. The van der Waals surface area contributed by atoms with Crippen molar-refractivity contribution in [3.05, 3.63) is 91.9 Å². The Morgan fingerprint density at radius 1 is 0.878 bits per heavy atom. The Hall–Kier alpha value is -2.49. The topological polar surface area (TPSA) is 86.8 Å². The highest BCUT2D eigenvalue weighted by atomic mass is 35.5. The van der Waals surface area contributed by atoms with Crippen LogP contribution in [0.3, 0.4) is 0 Å². The average molecular weight is 659 g/mol. The van der Waals surface area contributed by atoms with Crippen LogP contribution in [0, 0.1) is 6.92 Å². The first kappa shape index (κ1) is 33.0. The van der Waals surface area contributed by atoms with Crippen LogP contribution in [0.15, 0.2) is 65.6 Å². The number of sulfonamides is 1. The first-order chi connectivity index (χ1) is 19.4. The summed E-state index contributed by atoms with van der Waals surface area (Å²) in [7, 11) is -4.26. The number of nitrogens with zero attached hydrogens (tertiary/aromatic N) is 2. The lowest BCUT2D eigenvalue weighted by Crippen LogP contribution is -2.52. The van der Waals surface area contributed by atoms with Crippen LogP contribution in [-0.4, -0.2) is 44.3 Å². The molecule has 0 aliphatic rings. The SMILES string of the molecule is CCCNC(=O)[C@H](CC)N(Cc1ccc(Cl)c(Cl)c1)C(=O)CN(c1cc(Cl)cc(Cl)c1)S(=O)(=O)c1ccc(C)cc1. The monoisotopic (exact) mass is 657 g/mol. The zero-order chi connectivity index (χ0) is 30.3. The number of benzene rings is 3. The van der Waals surface area contributed by atoms with E-state index in [1.807, 2.05) is 13.8 Å². The molecule has 1 N–H and O–H groups in total. The molecule has 12 heteroatoms. The van der Waals surface area contributed by atoms with Gasteiger partial charge in [-0.15, -0.1) is 0 Å². The summed E-state index contributed by atoms with van der Waals surface area (Å²) in [6.45, 7) is 5.34. The van der Waals surface area contributed by atoms with E-state index < -0.39 is 28.5 Å². The summed E-state index contributed by atoms with van der Waals surface area (Å²) < 4.78 is 28.8. The molecule has 41 heavy (non-hydrogen) atoms. The van der Waals surface area contributed by atoms with Crippen molar-refractivity contribution in [2.75, 3.05) is 17.4 Å². The highest BCUT2D eigenvalue weighted by Crippen LogP contribution is 2.31. The molecule has 0 fully saturated rings. The number of rotatable bonds is 12. The molecule has 7 nitrogen and oxygen atoms in total. The third kappa shape index (κ3) is 8.52. The fraction of sp³-hybridized carbons (Fsp3) is 0.310. The Bertz CT molecular complexity index is 1480. The van der Waals surface area contributed by atoms with Gasteiger partial charge in [-0.3, -0.25) is 13.9 Å². The van der Waals surface area contributed by atoms with Gasteiger partial charge in [0.05, 0.1) is 20.6 Å². The van der Waals surface area contributed by atoms with E-state index in [9.17, 15) is 18.0 Å². The minimum Gasteiger partial charge on any atom is -0.354 e. The zero-order valence-electron chi connectivity index (χ0n) is 22.8. The molecule has 0 aromatic heterocycles. The van der Waals surface area contributed by atoms with Gasteiger partial charge in [-0.05, 0) is 67.8 Å². The van der Waals surface area contributed by atoms with Crippen molar-refractivity contribution in [1.29, 1.82) is 0 Å². The summed E-state index contributed by atoms with van der Waals surface area (Å²) in [5.74, 6) is -0.956. The van der Waals surface area contributed by atoms with Crippen molar-refractivity contribution >= 4 is 73.9 Å². The predicted molar refractivity (Wildman–Crippen MR) is 167 cm³/mol. The number of nitrogens with one attached hydrogen (secondary N) is 1. The number of amides is 2. The molecule has 0 spiro atoms. The second kappa shape index (κ2) is 14.6. The van der Waals surface area contributed by atoms with Crippen molar-refractivity contribution < 1.29 is 18.0 Å². The quantitative estimate of drug-likeness (QED) is 0.224. The highest BCUT2D eigenvalue weighted by Gasteiger charge is 2.34. The van der Waals surface area contributed by atoms with Gasteiger partial charge in [0.2, 0.25) is 11.8 Å². The molecule has 0 unspecified atom stereocenters. The van der Waals surface area contributed by atoms with Gasteiger partial charge in [0.25, 0.3) is 10.0 Å². The predicted octanol–water partition coefficient (Wildman–Crippen LogP) is 7.14. The number of anilines is 1. The summed E-state index contributed by atoms with van der Waals surface area (Å²) in [5.41, 5.74) is 1.59. The first-order valence-electron chi connectivity index (χ1n) is 12.9. The number of hydrogen-bond acceptors (Lipinski definition) is 4. The Kier molecular flexibility index (Phi) is 11.8. The summed E-state index contributed by atoms with van der Waals surface area (Å²) in [4.78, 5) is 28.6. The fourth-order valence-electron chi connectivity index (χ4n) is 4.17. The molecule has 3 rings (SSSR count). The second-order valence-electron chi connectivity index (χ2n) is 9.44. The molecule has 0 saturated carbocycles. The van der Waals surface area contributed by atoms with Crippen molar-refractivity contribution in [3.8, 4) is 0 Å². The molecule has 0 bridgehead atoms. The third-order valence-electron chi connectivity index (χ3n) is 6.30. The summed E-state index contributed by atoms with van der Waals surface area (Å²) in [6.07, 6.45) is 0.997. The van der Waals surface area contributed by atoms with E-state index in [-0.39, 0.29) is 44.5 Å². The molecular formula is C29H31Cl4N3O4S. The van der Waals surface area contributed by atoms with E-state index in [0.29, 0.717) is 23.6 Å². The summed E-state index contributed by atoms with van der Waals surface area (Å²) in [5, 5.41) is 3.86. The maximum absolute atomic E-state index is 14.1. The van der Waals surface area contributed by atoms with Crippen LogP contribution in [-0.2, 0) is 26.2 Å². The van der Waals surface area contributed by atoms with Crippen molar-refractivity contribution in [1.82, 2.24) is 10.2 Å². The highest BCUT2D eigenvalue weighted by molar-refractivity contribution is 7.92. The standard InChI is InChI=1S/C29H31Cl4N3O4S/c1-4-12-34-29(38)27(5-2)35(17-20-8-11-25(32)26(33)13-20)28(37)18-36(23-15-21(30)14-22(31)16-23)41(39,40)24-9-6-19(3)7-10-24/h6-11,13-16,27H,4-5,12,17-18H2,1-3H3,(H,34,38)/t27-/m0/s1. The van der Waals surface area contributed by atoms with E-state index in [2.05, 4.69) is 5.32 Å². The van der Waals surface area contributed by atoms with E-state index >= 15 is 0 Å². The summed E-state index contributed by atoms with van der Waals surface area (Å²) in [6, 6.07) is 14.6. The van der Waals surface area contributed by atoms with Crippen LogP contribution in [0.5, 0.6) is 0 Å². The van der Waals surface area contributed by atoms with Crippen LogP contribution in [0.1, 0.15) is 37.8 Å². The van der Waals surface area contributed by atoms with Crippen molar-refractivity contribution in [2.24, 2.45) is 0 Å². The van der Waals surface area contributed by atoms with Crippen molar-refractivity contribution in [2.45, 2.75) is 51.1 Å². The summed E-state index contributed by atoms with van der Waals surface area (Å²) >= 11 is 24.8. The molecule has 0 saturated heterocycles. The Morgan fingerprint density at radius 2 is 1.51 bits per heavy atom.